The molecule has 2 fully saturated rings. The summed E-state index contributed by atoms with van der Waals surface area (Å²) in [5.41, 5.74) is 3.35. The molecule has 6 atom stereocenters. The third-order valence-corrected chi connectivity index (χ3v) is 14.6. The van der Waals surface area contributed by atoms with Crippen LogP contribution in [-0.2, 0) is 6.42 Å². The molecule has 1 aliphatic carbocycles. The summed E-state index contributed by atoms with van der Waals surface area (Å²) in [4.78, 5) is 14.3. The van der Waals surface area contributed by atoms with E-state index < -0.39 is 5.60 Å². The summed E-state index contributed by atoms with van der Waals surface area (Å²) in [6, 6.07) is 12.1. The zero-order valence-corrected chi connectivity index (χ0v) is 31.0. The van der Waals surface area contributed by atoms with Crippen LogP contribution in [0.3, 0.4) is 0 Å². The van der Waals surface area contributed by atoms with Gasteiger partial charge in [-0.1, -0.05) is 69.0 Å². The van der Waals surface area contributed by atoms with Gasteiger partial charge in [-0.2, -0.15) is 0 Å². The number of aldehydes is 1. The van der Waals surface area contributed by atoms with Crippen LogP contribution in [0.15, 0.2) is 48.6 Å². The van der Waals surface area contributed by atoms with Gasteiger partial charge in [-0.25, -0.2) is 0 Å². The maximum Gasteiger partial charge on any atom is 0.150 e. The van der Waals surface area contributed by atoms with Gasteiger partial charge in [0.05, 0.1) is 16.9 Å². The molecule has 2 aliphatic heterocycles. The number of nitrogens with one attached hydrogen (secondary N) is 1. The average Bonchev–Trinajstić information content (AvgIpc) is 3.22. The zero-order valence-electron chi connectivity index (χ0n) is 27.8. The molecule has 2 heterocycles. The Kier molecular flexibility index (Phi) is 13.2. The number of hydrogen-bond acceptors (Lipinski definition) is 8. The maximum atomic E-state index is 12.6. The smallest absolute Gasteiger partial charge is 0.150 e. The van der Waals surface area contributed by atoms with Crippen molar-refractivity contribution in [3.8, 4) is 5.75 Å². The fraction of sp³-hybridized carbons (Fsp3) is 0.595. The molecule has 0 bridgehead atoms. The first-order valence-corrected chi connectivity index (χ1v) is 20.3. The van der Waals surface area contributed by atoms with E-state index in [0.717, 1.165) is 79.4 Å². The van der Waals surface area contributed by atoms with Crippen LogP contribution in [0, 0.1) is 17.8 Å². The van der Waals surface area contributed by atoms with Gasteiger partial charge in [0.15, 0.2) is 0 Å². The fourth-order valence-corrected chi connectivity index (χ4v) is 11.3. The number of hydrogen-bond donors (Lipinski definition) is 2. The molecule has 9 heteroatoms. The van der Waals surface area contributed by atoms with E-state index in [1.165, 1.54) is 17.5 Å². The van der Waals surface area contributed by atoms with Crippen molar-refractivity contribution < 1.29 is 14.6 Å². The van der Waals surface area contributed by atoms with Gasteiger partial charge in [-0.05, 0) is 110 Å². The van der Waals surface area contributed by atoms with Gasteiger partial charge in [-0.3, -0.25) is 9.52 Å². The normalized spacial score (nSPS) is 24.7. The molecule has 2 N–H and O–H groups in total. The summed E-state index contributed by atoms with van der Waals surface area (Å²) in [7, 11) is 1.98. The predicted octanol–water partition coefficient (Wildman–Crippen LogP) is 8.88. The predicted molar refractivity (Wildman–Crippen MR) is 201 cm³/mol. The molecule has 6 unspecified atom stereocenters. The van der Waals surface area contributed by atoms with Crippen molar-refractivity contribution >= 4 is 59.0 Å². The Hall–Kier alpha value is -1.29. The average molecular weight is 703 g/mol. The zero-order chi connectivity index (χ0) is 32.7. The van der Waals surface area contributed by atoms with Crippen molar-refractivity contribution in [2.24, 2.45) is 17.8 Å². The third-order valence-electron chi connectivity index (χ3n) is 10.1. The van der Waals surface area contributed by atoms with Crippen molar-refractivity contribution in [3.63, 3.8) is 0 Å². The highest BCUT2D eigenvalue weighted by molar-refractivity contribution is 8.17. The second-order valence-corrected chi connectivity index (χ2v) is 17.8. The molecule has 252 valence electrons. The molecule has 1 saturated carbocycles. The Labute approximate surface area is 294 Å². The Balaban J connectivity index is 1.42. The first-order valence-electron chi connectivity index (χ1n) is 17.0. The van der Waals surface area contributed by atoms with Crippen LogP contribution in [0.2, 0.25) is 5.02 Å². The number of benzene rings is 2. The lowest BCUT2D eigenvalue weighted by Gasteiger charge is -2.51. The fourth-order valence-electron chi connectivity index (χ4n) is 7.18. The lowest BCUT2D eigenvalue weighted by Crippen LogP contribution is -2.54. The number of carbonyl (C=O) groups excluding carboxylic acids is 1. The van der Waals surface area contributed by atoms with Crippen molar-refractivity contribution in [1.82, 2.24) is 4.72 Å². The second-order valence-electron chi connectivity index (χ2n) is 13.3. The number of anilines is 1. The minimum atomic E-state index is -0.864. The van der Waals surface area contributed by atoms with Gasteiger partial charge >= 0.3 is 0 Å². The van der Waals surface area contributed by atoms with E-state index in [9.17, 15) is 9.90 Å². The Bertz CT molecular complexity index is 1340. The standard InChI is InChI=1S/C37H51ClN2O3S3/c1-5-8-28-20-31(38)12-13-32(28)30-22-40(34-19-27(23-41)10-15-35(34)43-24-30)21-29-11-14-33(29)37(42,36-44-17-7-18-45-36)16-6-9-25(2)26(3)46-39-4/h6,10,12-13,15-16,19-20,23,25-26,29-30,33,36,39,42H,5,7-9,11,14,17-18,21-22,24H2,1-4H3/b16-6+. The van der Waals surface area contributed by atoms with E-state index >= 15 is 0 Å². The van der Waals surface area contributed by atoms with Gasteiger partial charge in [0.1, 0.15) is 17.6 Å². The van der Waals surface area contributed by atoms with Gasteiger partial charge < -0.3 is 14.7 Å². The van der Waals surface area contributed by atoms with Gasteiger partial charge in [-0.15, -0.1) is 23.5 Å². The van der Waals surface area contributed by atoms with Gasteiger partial charge in [0.2, 0.25) is 0 Å². The van der Waals surface area contributed by atoms with Crippen LogP contribution < -0.4 is 14.4 Å². The molecule has 5 rings (SSSR count). The van der Waals surface area contributed by atoms with Crippen molar-refractivity contribution in [1.29, 1.82) is 0 Å². The van der Waals surface area contributed by atoms with E-state index in [1.807, 2.05) is 54.8 Å². The minimum absolute atomic E-state index is 0.143. The van der Waals surface area contributed by atoms with E-state index in [2.05, 4.69) is 54.7 Å². The summed E-state index contributed by atoms with van der Waals surface area (Å²) in [6.45, 7) is 8.94. The summed E-state index contributed by atoms with van der Waals surface area (Å²) >= 11 is 12.1. The topological polar surface area (TPSA) is 61.8 Å². The number of fused-ring (bicyclic) bond motifs is 1. The first kappa shape index (κ1) is 36.0. The number of aliphatic hydroxyl groups is 1. The van der Waals surface area contributed by atoms with Crippen LogP contribution >= 0.6 is 47.1 Å². The van der Waals surface area contributed by atoms with E-state index in [4.69, 9.17) is 16.3 Å². The Morgan fingerprint density at radius 2 is 2.00 bits per heavy atom. The number of rotatable bonds is 14. The van der Waals surface area contributed by atoms with Crippen molar-refractivity contribution in [2.45, 2.75) is 80.6 Å². The molecule has 3 aliphatic rings. The van der Waals surface area contributed by atoms with Crippen LogP contribution in [-0.4, -0.2) is 65.1 Å². The summed E-state index contributed by atoms with van der Waals surface area (Å²) < 4.78 is 9.85. The number of halogens is 1. The van der Waals surface area contributed by atoms with E-state index in [1.54, 1.807) is 11.9 Å². The van der Waals surface area contributed by atoms with Crippen LogP contribution in [0.4, 0.5) is 5.69 Å². The van der Waals surface area contributed by atoms with Gasteiger partial charge in [0.25, 0.3) is 0 Å². The molecule has 0 radical (unpaired) electrons. The largest absolute Gasteiger partial charge is 0.491 e. The third kappa shape index (κ3) is 8.46. The monoisotopic (exact) mass is 702 g/mol. The number of carbonyl (C=O) groups is 1. The molecule has 46 heavy (non-hydrogen) atoms. The number of ether oxygens (including phenoxy) is 1. The molecular weight excluding hydrogens is 652 g/mol. The maximum absolute atomic E-state index is 12.6. The minimum Gasteiger partial charge on any atom is -0.491 e. The summed E-state index contributed by atoms with van der Waals surface area (Å²) in [6.07, 6.45) is 11.7. The van der Waals surface area contributed by atoms with Crippen molar-refractivity contribution in [3.05, 3.63) is 70.3 Å². The molecule has 0 spiro atoms. The van der Waals surface area contributed by atoms with Crippen molar-refractivity contribution in [2.75, 3.05) is 43.1 Å². The second kappa shape index (κ2) is 16.9. The number of allylic oxidation sites excluding steroid dienone is 1. The summed E-state index contributed by atoms with van der Waals surface area (Å²) in [5, 5.41) is 13.9. The Morgan fingerprint density at radius 3 is 2.70 bits per heavy atom. The molecule has 5 nitrogen and oxygen atoms in total. The van der Waals surface area contributed by atoms with E-state index in [-0.39, 0.29) is 16.4 Å². The molecule has 2 aromatic rings. The highest BCUT2D eigenvalue weighted by Crippen LogP contribution is 2.52. The van der Waals surface area contributed by atoms with Gasteiger partial charge in [0, 0.05) is 34.8 Å². The number of aryl methyl sites for hydroxylation is 1. The quantitative estimate of drug-likeness (QED) is 0.115. The van der Waals surface area contributed by atoms with Crippen LogP contribution in [0.25, 0.3) is 0 Å². The lowest BCUT2D eigenvalue weighted by molar-refractivity contribution is -0.0331. The SMILES string of the molecule is CCCc1cc(Cl)ccc1C1COc2ccc(C=O)cc2N(CC2CCC2C(O)(/C=C/CC(C)C(C)SNC)C2SCCCS2)C1. The van der Waals surface area contributed by atoms with Crippen LogP contribution in [0.5, 0.6) is 5.75 Å². The molecule has 0 aromatic heterocycles. The number of thioether (sulfide) groups is 2. The summed E-state index contributed by atoms with van der Waals surface area (Å²) in [5.74, 6) is 4.21. The van der Waals surface area contributed by atoms with Crippen LogP contribution in [0.1, 0.15) is 80.3 Å². The number of nitrogens with zero attached hydrogens (tertiary/aromatic N) is 1. The molecule has 2 aromatic carbocycles. The molecular formula is C37H51ClN2O3S3. The molecule has 1 saturated heterocycles. The highest BCUT2D eigenvalue weighted by Gasteiger charge is 2.51. The highest BCUT2D eigenvalue weighted by atomic mass is 35.5. The Morgan fingerprint density at radius 1 is 1.20 bits per heavy atom. The molecule has 0 amide bonds. The van der Waals surface area contributed by atoms with E-state index in [0.29, 0.717) is 29.3 Å². The first-order chi connectivity index (χ1) is 22.3. The lowest BCUT2D eigenvalue weighted by atomic mass is 9.64.